The van der Waals surface area contributed by atoms with Gasteiger partial charge in [-0.3, -0.25) is 0 Å². The Morgan fingerprint density at radius 1 is 1.10 bits per heavy atom. The van der Waals surface area contributed by atoms with Crippen molar-refractivity contribution in [2.24, 2.45) is 0 Å². The van der Waals surface area contributed by atoms with E-state index in [-0.39, 0.29) is 11.1 Å². The Morgan fingerprint density at radius 3 is 2.29 bits per heavy atom. The maximum absolute atomic E-state index is 13.0. The fourth-order valence-corrected chi connectivity index (χ4v) is 1.90. The van der Waals surface area contributed by atoms with E-state index in [2.05, 4.69) is 9.47 Å². The van der Waals surface area contributed by atoms with Crippen LogP contribution >= 0.6 is 0 Å². The third kappa shape index (κ3) is 3.10. The van der Waals surface area contributed by atoms with Gasteiger partial charge in [0.1, 0.15) is 5.82 Å². The fraction of sp³-hybridized carbons (Fsp3) is 0.200. The Labute approximate surface area is 120 Å². The van der Waals surface area contributed by atoms with Crippen LogP contribution in [0.3, 0.4) is 0 Å². The SMILES string of the molecule is COC(=O)C1=COC(c2ccc(F)cc2)C(C(=O)OC)=C1. The maximum atomic E-state index is 13.0. The summed E-state index contributed by atoms with van der Waals surface area (Å²) in [5, 5.41) is 0. The normalized spacial score (nSPS) is 17.2. The Balaban J connectivity index is 2.37. The van der Waals surface area contributed by atoms with E-state index >= 15 is 0 Å². The van der Waals surface area contributed by atoms with Crippen molar-refractivity contribution in [2.45, 2.75) is 6.10 Å². The third-order valence-corrected chi connectivity index (χ3v) is 2.94. The highest BCUT2D eigenvalue weighted by Crippen LogP contribution is 2.32. The number of ether oxygens (including phenoxy) is 3. The molecule has 6 heteroatoms. The summed E-state index contributed by atoms with van der Waals surface area (Å²) in [6.07, 6.45) is 1.77. The summed E-state index contributed by atoms with van der Waals surface area (Å²) in [5.74, 6) is -1.67. The van der Waals surface area contributed by atoms with Crippen molar-refractivity contribution in [1.29, 1.82) is 0 Å². The second kappa shape index (κ2) is 6.21. The summed E-state index contributed by atoms with van der Waals surface area (Å²) in [5.41, 5.74) is 0.788. The zero-order chi connectivity index (χ0) is 15.4. The first-order valence-electron chi connectivity index (χ1n) is 6.06. The molecule has 0 saturated heterocycles. The molecule has 0 radical (unpaired) electrons. The Hall–Kier alpha value is -2.63. The van der Waals surface area contributed by atoms with Crippen LogP contribution in [-0.4, -0.2) is 26.2 Å². The van der Waals surface area contributed by atoms with Gasteiger partial charge in [0.25, 0.3) is 0 Å². The number of halogens is 1. The van der Waals surface area contributed by atoms with Gasteiger partial charge in [0, 0.05) is 0 Å². The molecule has 0 aliphatic carbocycles. The molecule has 1 heterocycles. The molecule has 0 spiro atoms. The molecule has 5 nitrogen and oxygen atoms in total. The van der Waals surface area contributed by atoms with Crippen LogP contribution in [0.5, 0.6) is 0 Å². The number of carbonyl (C=O) groups excluding carboxylic acids is 2. The minimum atomic E-state index is -0.772. The van der Waals surface area contributed by atoms with E-state index in [1.54, 1.807) is 0 Å². The average molecular weight is 292 g/mol. The van der Waals surface area contributed by atoms with Crippen molar-refractivity contribution < 1.29 is 28.2 Å². The first kappa shape index (κ1) is 14.8. The summed E-state index contributed by atoms with van der Waals surface area (Å²) in [6.45, 7) is 0. The van der Waals surface area contributed by atoms with E-state index in [1.807, 2.05) is 0 Å². The van der Waals surface area contributed by atoms with Gasteiger partial charge in [-0.15, -0.1) is 0 Å². The maximum Gasteiger partial charge on any atom is 0.341 e. The zero-order valence-electron chi connectivity index (χ0n) is 11.5. The van der Waals surface area contributed by atoms with E-state index in [0.717, 1.165) is 0 Å². The summed E-state index contributed by atoms with van der Waals surface area (Å²) in [4.78, 5) is 23.3. The highest BCUT2D eigenvalue weighted by molar-refractivity contribution is 5.97. The monoisotopic (exact) mass is 292 g/mol. The first-order valence-corrected chi connectivity index (χ1v) is 6.06. The van der Waals surface area contributed by atoms with Crippen molar-refractivity contribution in [1.82, 2.24) is 0 Å². The highest BCUT2D eigenvalue weighted by atomic mass is 19.1. The van der Waals surface area contributed by atoms with Gasteiger partial charge in [0.2, 0.25) is 0 Å². The lowest BCUT2D eigenvalue weighted by Gasteiger charge is -2.23. The predicted octanol–water partition coefficient (Wildman–Crippen LogP) is 2.05. The number of hydrogen-bond donors (Lipinski definition) is 0. The molecular formula is C15H13FO5. The van der Waals surface area contributed by atoms with E-state index in [0.29, 0.717) is 5.56 Å². The van der Waals surface area contributed by atoms with E-state index < -0.39 is 23.9 Å². The molecule has 1 aliphatic rings. The van der Waals surface area contributed by atoms with Crippen LogP contribution < -0.4 is 0 Å². The minimum absolute atomic E-state index is 0.0938. The molecule has 0 amide bonds. The molecule has 1 unspecified atom stereocenters. The van der Waals surface area contributed by atoms with Crippen molar-refractivity contribution in [3.05, 3.63) is 59.1 Å². The van der Waals surface area contributed by atoms with Gasteiger partial charge >= 0.3 is 11.9 Å². The van der Waals surface area contributed by atoms with Gasteiger partial charge in [0.05, 0.1) is 31.6 Å². The number of carbonyl (C=O) groups is 2. The highest BCUT2D eigenvalue weighted by Gasteiger charge is 2.29. The number of esters is 2. The molecule has 0 N–H and O–H groups in total. The van der Waals surface area contributed by atoms with Crippen molar-refractivity contribution in [3.63, 3.8) is 0 Å². The Bertz CT molecular complexity index is 615. The molecule has 2 rings (SSSR count). The minimum Gasteiger partial charge on any atom is -0.487 e. The molecule has 21 heavy (non-hydrogen) atoms. The van der Waals surface area contributed by atoms with Gasteiger partial charge in [-0.05, 0) is 23.8 Å². The van der Waals surface area contributed by atoms with Crippen LogP contribution in [0.2, 0.25) is 0 Å². The van der Waals surface area contributed by atoms with Crippen molar-refractivity contribution in [2.75, 3.05) is 14.2 Å². The van der Waals surface area contributed by atoms with Gasteiger partial charge in [0.15, 0.2) is 6.10 Å². The standard InChI is InChI=1S/C15H13FO5/c1-19-14(17)10-7-12(15(18)20-2)13(21-8-10)9-3-5-11(16)6-4-9/h3-8,13H,1-2H3. The summed E-state index contributed by atoms with van der Waals surface area (Å²) < 4.78 is 27.7. The van der Waals surface area contributed by atoms with Crippen LogP contribution in [-0.2, 0) is 23.8 Å². The first-order chi connectivity index (χ1) is 10.1. The molecule has 0 saturated carbocycles. The fourth-order valence-electron chi connectivity index (χ4n) is 1.90. The molecular weight excluding hydrogens is 279 g/mol. The second-order valence-corrected chi connectivity index (χ2v) is 4.22. The molecule has 1 aliphatic heterocycles. The second-order valence-electron chi connectivity index (χ2n) is 4.22. The number of hydrogen-bond acceptors (Lipinski definition) is 5. The third-order valence-electron chi connectivity index (χ3n) is 2.94. The van der Waals surface area contributed by atoms with Gasteiger partial charge in [-0.2, -0.15) is 0 Å². The van der Waals surface area contributed by atoms with Crippen LogP contribution in [0.4, 0.5) is 4.39 Å². The predicted molar refractivity (Wildman–Crippen MR) is 70.4 cm³/mol. The molecule has 1 aromatic carbocycles. The largest absolute Gasteiger partial charge is 0.487 e. The topological polar surface area (TPSA) is 61.8 Å². The van der Waals surface area contributed by atoms with Crippen LogP contribution in [0.15, 0.2) is 47.7 Å². The Kier molecular flexibility index (Phi) is 4.37. The van der Waals surface area contributed by atoms with Crippen LogP contribution in [0.25, 0.3) is 0 Å². The van der Waals surface area contributed by atoms with Crippen molar-refractivity contribution in [3.8, 4) is 0 Å². The molecule has 1 atom stereocenters. The number of rotatable bonds is 3. The van der Waals surface area contributed by atoms with E-state index in [9.17, 15) is 14.0 Å². The quantitative estimate of drug-likeness (QED) is 0.798. The van der Waals surface area contributed by atoms with Gasteiger partial charge < -0.3 is 14.2 Å². The Morgan fingerprint density at radius 2 is 1.71 bits per heavy atom. The van der Waals surface area contributed by atoms with E-state index in [4.69, 9.17) is 4.74 Å². The van der Waals surface area contributed by atoms with Gasteiger partial charge in [-0.25, -0.2) is 14.0 Å². The number of benzene rings is 1. The molecule has 110 valence electrons. The summed E-state index contributed by atoms with van der Waals surface area (Å²) in [7, 11) is 2.45. The lowest BCUT2D eigenvalue weighted by atomic mass is 9.97. The smallest absolute Gasteiger partial charge is 0.341 e. The zero-order valence-corrected chi connectivity index (χ0v) is 11.5. The molecule has 0 bridgehead atoms. The van der Waals surface area contributed by atoms with Crippen molar-refractivity contribution >= 4 is 11.9 Å². The molecule has 0 fully saturated rings. The summed E-state index contributed by atoms with van der Waals surface area (Å²) in [6, 6.07) is 5.50. The molecule has 0 aromatic heterocycles. The lowest BCUT2D eigenvalue weighted by molar-refractivity contribution is -0.137. The molecule has 1 aromatic rings. The van der Waals surface area contributed by atoms with Gasteiger partial charge in [-0.1, -0.05) is 12.1 Å². The summed E-state index contributed by atoms with van der Waals surface area (Å²) >= 11 is 0. The average Bonchev–Trinajstić information content (AvgIpc) is 2.53. The number of methoxy groups -OCH3 is 2. The van der Waals surface area contributed by atoms with Crippen LogP contribution in [0, 0.1) is 5.82 Å². The van der Waals surface area contributed by atoms with Crippen LogP contribution in [0.1, 0.15) is 11.7 Å². The van der Waals surface area contributed by atoms with E-state index in [1.165, 1.54) is 50.8 Å². The lowest BCUT2D eigenvalue weighted by Crippen LogP contribution is -2.20.